The largest absolute Gasteiger partial charge is 0.445 e. The number of fused-ring (bicyclic) bond motifs is 1. The number of aliphatic hydroxyl groups excluding tert-OH is 1. The van der Waals surface area contributed by atoms with Crippen LogP contribution in [0.1, 0.15) is 17.0 Å². The molecule has 4 rings (SSSR count). The SMILES string of the molecule is O=C(OCc1ccccc1)N1CC(O)C(c2c[nH]c3ccccc23)C1. The molecule has 2 unspecified atom stereocenters. The second-order valence-electron chi connectivity index (χ2n) is 6.41. The number of β-amino-alcohol motifs (C(OH)–C–C–N with tert-alkyl or cyclic N) is 1. The van der Waals surface area contributed by atoms with Crippen LogP contribution in [-0.4, -0.2) is 40.3 Å². The number of hydrogen-bond acceptors (Lipinski definition) is 3. The van der Waals surface area contributed by atoms with Crippen LogP contribution in [0.4, 0.5) is 4.79 Å². The molecule has 1 saturated heterocycles. The van der Waals surface area contributed by atoms with Gasteiger partial charge in [0.2, 0.25) is 0 Å². The van der Waals surface area contributed by atoms with Gasteiger partial charge in [0.25, 0.3) is 0 Å². The molecule has 0 bridgehead atoms. The van der Waals surface area contributed by atoms with E-state index >= 15 is 0 Å². The van der Waals surface area contributed by atoms with Crippen LogP contribution >= 0.6 is 0 Å². The first-order valence-electron chi connectivity index (χ1n) is 8.42. The van der Waals surface area contributed by atoms with Gasteiger partial charge in [-0.25, -0.2) is 4.79 Å². The van der Waals surface area contributed by atoms with Crippen molar-refractivity contribution in [1.82, 2.24) is 9.88 Å². The molecule has 5 heteroatoms. The molecule has 1 aromatic heterocycles. The lowest BCUT2D eigenvalue weighted by Crippen LogP contribution is -2.30. The summed E-state index contributed by atoms with van der Waals surface area (Å²) in [5.41, 5.74) is 3.03. The van der Waals surface area contributed by atoms with E-state index in [0.29, 0.717) is 6.54 Å². The monoisotopic (exact) mass is 336 g/mol. The van der Waals surface area contributed by atoms with Crippen LogP contribution in [0.5, 0.6) is 0 Å². The van der Waals surface area contributed by atoms with Gasteiger partial charge in [0, 0.05) is 29.6 Å². The van der Waals surface area contributed by atoms with E-state index in [9.17, 15) is 9.90 Å². The van der Waals surface area contributed by atoms with Crippen molar-refractivity contribution in [2.45, 2.75) is 18.6 Å². The zero-order valence-electron chi connectivity index (χ0n) is 13.8. The number of nitrogens with one attached hydrogen (secondary N) is 1. The van der Waals surface area contributed by atoms with E-state index < -0.39 is 6.10 Å². The Balaban J connectivity index is 1.45. The number of benzene rings is 2. The molecular formula is C20H20N2O3. The van der Waals surface area contributed by atoms with Crippen LogP contribution in [0, 0.1) is 0 Å². The number of hydrogen-bond donors (Lipinski definition) is 2. The highest BCUT2D eigenvalue weighted by Gasteiger charge is 2.36. The minimum Gasteiger partial charge on any atom is -0.445 e. The van der Waals surface area contributed by atoms with Crippen LogP contribution in [0.3, 0.4) is 0 Å². The maximum absolute atomic E-state index is 12.3. The summed E-state index contributed by atoms with van der Waals surface area (Å²) in [5.74, 6) is -0.111. The topological polar surface area (TPSA) is 65.6 Å². The highest BCUT2D eigenvalue weighted by Crippen LogP contribution is 2.33. The van der Waals surface area contributed by atoms with Gasteiger partial charge in [0.15, 0.2) is 0 Å². The van der Waals surface area contributed by atoms with Gasteiger partial charge in [-0.2, -0.15) is 0 Å². The number of likely N-dealkylation sites (tertiary alicyclic amines) is 1. The van der Waals surface area contributed by atoms with Crippen molar-refractivity contribution < 1.29 is 14.6 Å². The summed E-state index contributed by atoms with van der Waals surface area (Å²) >= 11 is 0. The Morgan fingerprint density at radius 1 is 1.12 bits per heavy atom. The van der Waals surface area contributed by atoms with Gasteiger partial charge in [-0.1, -0.05) is 48.5 Å². The third-order valence-electron chi connectivity index (χ3n) is 4.77. The first kappa shape index (κ1) is 15.7. The van der Waals surface area contributed by atoms with Crippen LogP contribution in [-0.2, 0) is 11.3 Å². The number of nitrogens with zero attached hydrogens (tertiary/aromatic N) is 1. The van der Waals surface area contributed by atoms with Crippen molar-refractivity contribution >= 4 is 17.0 Å². The van der Waals surface area contributed by atoms with Gasteiger partial charge >= 0.3 is 6.09 Å². The van der Waals surface area contributed by atoms with E-state index in [1.807, 2.05) is 60.8 Å². The van der Waals surface area contributed by atoms with E-state index in [1.165, 1.54) is 0 Å². The van der Waals surface area contributed by atoms with Crippen molar-refractivity contribution in [1.29, 1.82) is 0 Å². The molecule has 0 spiro atoms. The third-order valence-corrected chi connectivity index (χ3v) is 4.77. The van der Waals surface area contributed by atoms with Crippen LogP contribution < -0.4 is 0 Å². The Morgan fingerprint density at radius 3 is 2.72 bits per heavy atom. The predicted molar refractivity (Wildman–Crippen MR) is 95.2 cm³/mol. The standard InChI is InChI=1S/C20H20N2O3/c23-19-12-22(20(24)25-13-14-6-2-1-3-7-14)11-17(19)16-10-21-18-9-5-4-8-15(16)18/h1-10,17,19,21,23H,11-13H2. The van der Waals surface area contributed by atoms with Crippen molar-refractivity contribution in [2.24, 2.45) is 0 Å². The Bertz CT molecular complexity index is 875. The van der Waals surface area contributed by atoms with Gasteiger partial charge in [0.1, 0.15) is 6.61 Å². The second kappa shape index (κ2) is 6.61. The molecule has 5 nitrogen and oxygen atoms in total. The highest BCUT2D eigenvalue weighted by atomic mass is 16.6. The molecule has 1 fully saturated rings. The fraction of sp³-hybridized carbons (Fsp3) is 0.250. The molecule has 2 aromatic carbocycles. The Labute approximate surface area is 145 Å². The van der Waals surface area contributed by atoms with E-state index in [2.05, 4.69) is 4.98 Å². The zero-order valence-corrected chi connectivity index (χ0v) is 13.8. The smallest absolute Gasteiger partial charge is 0.410 e. The molecule has 1 aliphatic heterocycles. The molecule has 25 heavy (non-hydrogen) atoms. The van der Waals surface area contributed by atoms with Gasteiger partial charge < -0.3 is 19.7 Å². The average Bonchev–Trinajstić information content (AvgIpc) is 3.24. The van der Waals surface area contributed by atoms with Crippen molar-refractivity contribution in [3.63, 3.8) is 0 Å². The molecule has 0 saturated carbocycles. The van der Waals surface area contributed by atoms with Gasteiger partial charge in [0.05, 0.1) is 12.6 Å². The Kier molecular flexibility index (Phi) is 4.15. The number of aromatic amines is 1. The Hall–Kier alpha value is -2.79. The van der Waals surface area contributed by atoms with Gasteiger partial charge in [-0.3, -0.25) is 0 Å². The molecule has 1 amide bonds. The van der Waals surface area contributed by atoms with Gasteiger partial charge in [-0.05, 0) is 17.2 Å². The molecular weight excluding hydrogens is 316 g/mol. The lowest BCUT2D eigenvalue weighted by atomic mass is 9.96. The maximum Gasteiger partial charge on any atom is 0.410 e. The summed E-state index contributed by atoms with van der Waals surface area (Å²) in [5, 5.41) is 11.6. The average molecular weight is 336 g/mol. The molecule has 0 aliphatic carbocycles. The van der Waals surface area contributed by atoms with Crippen molar-refractivity contribution in [3.8, 4) is 0 Å². The fourth-order valence-corrected chi connectivity index (χ4v) is 3.45. The highest BCUT2D eigenvalue weighted by molar-refractivity contribution is 5.84. The summed E-state index contributed by atoms with van der Waals surface area (Å²) in [7, 11) is 0. The molecule has 2 N–H and O–H groups in total. The number of rotatable bonds is 3. The van der Waals surface area contributed by atoms with Crippen LogP contribution in [0.25, 0.3) is 10.9 Å². The molecule has 2 atom stereocenters. The first-order chi connectivity index (χ1) is 12.2. The fourth-order valence-electron chi connectivity index (χ4n) is 3.45. The molecule has 1 aliphatic rings. The number of aliphatic hydroxyl groups is 1. The van der Waals surface area contributed by atoms with E-state index in [1.54, 1.807) is 4.90 Å². The van der Waals surface area contributed by atoms with Crippen LogP contribution in [0.2, 0.25) is 0 Å². The maximum atomic E-state index is 12.3. The van der Waals surface area contributed by atoms with E-state index in [0.717, 1.165) is 22.0 Å². The number of carbonyl (C=O) groups is 1. The predicted octanol–water partition coefficient (Wildman–Crippen LogP) is 3.26. The lowest BCUT2D eigenvalue weighted by molar-refractivity contribution is 0.0970. The molecule has 128 valence electrons. The second-order valence-corrected chi connectivity index (χ2v) is 6.41. The third kappa shape index (κ3) is 3.10. The van der Waals surface area contributed by atoms with Crippen LogP contribution in [0.15, 0.2) is 60.8 Å². The van der Waals surface area contributed by atoms with Gasteiger partial charge in [-0.15, -0.1) is 0 Å². The van der Waals surface area contributed by atoms with E-state index in [4.69, 9.17) is 4.74 Å². The number of carbonyl (C=O) groups excluding carboxylic acids is 1. The molecule has 0 radical (unpaired) electrons. The summed E-state index contributed by atoms with van der Waals surface area (Å²) < 4.78 is 5.38. The summed E-state index contributed by atoms with van der Waals surface area (Å²) in [4.78, 5) is 17.1. The summed E-state index contributed by atoms with van der Waals surface area (Å²) in [6, 6.07) is 17.6. The van der Waals surface area contributed by atoms with E-state index in [-0.39, 0.29) is 25.2 Å². The number of para-hydroxylation sites is 1. The normalized spacial score (nSPS) is 20.1. The minimum absolute atomic E-state index is 0.111. The molecule has 3 aromatic rings. The van der Waals surface area contributed by atoms with Crippen molar-refractivity contribution in [2.75, 3.05) is 13.1 Å². The van der Waals surface area contributed by atoms with Crippen molar-refractivity contribution in [3.05, 3.63) is 71.9 Å². The summed E-state index contributed by atoms with van der Waals surface area (Å²) in [6.45, 7) is 0.985. The first-order valence-corrected chi connectivity index (χ1v) is 8.42. The number of H-pyrrole nitrogens is 1. The lowest BCUT2D eigenvalue weighted by Gasteiger charge is -2.16. The Morgan fingerprint density at radius 2 is 1.88 bits per heavy atom. The molecule has 2 heterocycles. The number of ether oxygens (including phenoxy) is 1. The quantitative estimate of drug-likeness (QED) is 0.771. The zero-order chi connectivity index (χ0) is 17.2. The minimum atomic E-state index is -0.594. The summed E-state index contributed by atoms with van der Waals surface area (Å²) in [6.07, 6.45) is 0.950. The number of amides is 1. The number of aromatic nitrogens is 1.